The van der Waals surface area contributed by atoms with Crippen LogP contribution in [0.3, 0.4) is 0 Å². The molecule has 2 aliphatic rings. The monoisotopic (exact) mass is 665 g/mol. The number of pyridine rings is 1. The predicted molar refractivity (Wildman–Crippen MR) is 185 cm³/mol. The van der Waals surface area contributed by atoms with Crippen molar-refractivity contribution in [1.29, 1.82) is 0 Å². The lowest BCUT2D eigenvalue weighted by atomic mass is 9.88. The Morgan fingerprint density at radius 1 is 0.891 bits per heavy atom. The second-order valence-electron chi connectivity index (χ2n) is 12.3. The molecule has 3 aromatic rings. The molecule has 1 aromatic carbocycles. The molecule has 0 radical (unpaired) electrons. The van der Waals surface area contributed by atoms with Gasteiger partial charge < -0.3 is 9.47 Å². The summed E-state index contributed by atoms with van der Waals surface area (Å²) in [7, 11) is -2.89. The zero-order chi connectivity index (χ0) is 32.7. The van der Waals surface area contributed by atoms with Crippen LogP contribution in [0.1, 0.15) is 100 Å². The molecule has 46 heavy (non-hydrogen) atoms. The number of allylic oxidation sites excluding steroid dienone is 5. The van der Waals surface area contributed by atoms with Gasteiger partial charge in [0.05, 0.1) is 52.4 Å². The molecule has 0 fully saturated rings. The number of fused-ring (bicyclic) bond motifs is 1. The Labute approximate surface area is 276 Å². The van der Waals surface area contributed by atoms with Gasteiger partial charge in [0.2, 0.25) is 5.16 Å². The smallest absolute Gasteiger partial charge is 0.270 e. The number of aryl methyl sites for hydroxylation is 1. The number of methoxy groups -OCH3 is 2. The highest BCUT2D eigenvalue weighted by atomic mass is 32.2. The van der Waals surface area contributed by atoms with E-state index >= 15 is 0 Å². The van der Waals surface area contributed by atoms with Gasteiger partial charge in [-0.15, -0.1) is 0 Å². The molecule has 248 valence electrons. The van der Waals surface area contributed by atoms with Crippen LogP contribution < -0.4 is 9.47 Å². The number of hydrogen-bond donors (Lipinski definition) is 0. The molecule has 0 N–H and O–H groups in total. The van der Waals surface area contributed by atoms with E-state index < -0.39 is 20.8 Å². The van der Waals surface area contributed by atoms with Gasteiger partial charge in [-0.3, -0.25) is 9.19 Å². The molecule has 0 amide bonds. The van der Waals surface area contributed by atoms with Gasteiger partial charge in [-0.05, 0) is 89.0 Å². The van der Waals surface area contributed by atoms with Crippen molar-refractivity contribution in [2.75, 3.05) is 14.2 Å². The van der Waals surface area contributed by atoms with Crippen molar-refractivity contribution >= 4 is 31.9 Å². The molecule has 0 saturated heterocycles. The summed E-state index contributed by atoms with van der Waals surface area (Å²) in [6, 6.07) is 5.07. The molecular weight excluding hydrogens is 619 g/mol. The number of nitrogens with zero attached hydrogens (tertiary/aromatic N) is 3. The molecule has 2 heterocycles. The van der Waals surface area contributed by atoms with Crippen LogP contribution in [0.2, 0.25) is 0 Å². The number of rotatable bonds is 7. The summed E-state index contributed by atoms with van der Waals surface area (Å²) in [5.74, 6) is 1.20. The Balaban J connectivity index is 1.61. The fraction of sp³-hybridized carbons (Fsp3) is 0.500. The zero-order valence-electron chi connectivity index (χ0n) is 27.6. The zero-order valence-corrected chi connectivity index (χ0v) is 29.3. The highest BCUT2D eigenvalue weighted by Crippen LogP contribution is 2.33. The van der Waals surface area contributed by atoms with Gasteiger partial charge in [0.25, 0.3) is 10.0 Å². The first kappa shape index (κ1) is 34.1. The van der Waals surface area contributed by atoms with E-state index in [1.807, 2.05) is 26.0 Å². The van der Waals surface area contributed by atoms with Gasteiger partial charge in [0.15, 0.2) is 0 Å². The summed E-state index contributed by atoms with van der Waals surface area (Å²) >= 11 is 0. The van der Waals surface area contributed by atoms with Crippen LogP contribution in [0, 0.1) is 13.8 Å². The third kappa shape index (κ3) is 7.65. The summed E-state index contributed by atoms with van der Waals surface area (Å²) < 4.78 is 55.8. The second-order valence-corrected chi connectivity index (χ2v) is 15.5. The van der Waals surface area contributed by atoms with E-state index in [0.717, 1.165) is 56.1 Å². The first-order valence-electron chi connectivity index (χ1n) is 16.5. The van der Waals surface area contributed by atoms with E-state index in [1.54, 1.807) is 44.7 Å². The summed E-state index contributed by atoms with van der Waals surface area (Å²) in [4.78, 5) is 9.39. The molecule has 0 aliphatic heterocycles. The fourth-order valence-corrected chi connectivity index (χ4v) is 9.70. The van der Waals surface area contributed by atoms with E-state index in [1.165, 1.54) is 47.2 Å². The molecule has 1 unspecified atom stereocenters. The van der Waals surface area contributed by atoms with Gasteiger partial charge in [0.1, 0.15) is 11.5 Å². The van der Waals surface area contributed by atoms with Crippen LogP contribution in [0.5, 0.6) is 11.5 Å². The number of benzene rings is 1. The van der Waals surface area contributed by atoms with E-state index in [-0.39, 0.29) is 15.8 Å². The van der Waals surface area contributed by atoms with E-state index in [9.17, 15) is 12.6 Å². The minimum atomic E-state index is -4.19. The predicted octanol–water partition coefficient (Wildman–Crippen LogP) is 8.39. The van der Waals surface area contributed by atoms with Crippen LogP contribution >= 0.6 is 0 Å². The van der Waals surface area contributed by atoms with Crippen molar-refractivity contribution in [2.45, 2.75) is 108 Å². The average Bonchev–Trinajstić information content (AvgIpc) is 3.44. The quantitative estimate of drug-likeness (QED) is 0.250. The van der Waals surface area contributed by atoms with Crippen molar-refractivity contribution in [3.63, 3.8) is 0 Å². The van der Waals surface area contributed by atoms with E-state index in [0.29, 0.717) is 34.6 Å². The normalized spacial score (nSPS) is 19.8. The molecule has 0 saturated carbocycles. The Morgan fingerprint density at radius 3 is 2.33 bits per heavy atom. The summed E-state index contributed by atoms with van der Waals surface area (Å²) in [5, 5.41) is -0.0354. The van der Waals surface area contributed by atoms with Crippen molar-refractivity contribution in [3.05, 3.63) is 75.5 Å². The van der Waals surface area contributed by atoms with Gasteiger partial charge >= 0.3 is 0 Å². The highest BCUT2D eigenvalue weighted by molar-refractivity contribution is 7.94. The van der Waals surface area contributed by atoms with Crippen molar-refractivity contribution in [2.24, 2.45) is 0 Å². The maximum Gasteiger partial charge on any atom is 0.270 e. The molecule has 10 heteroatoms. The lowest BCUT2D eigenvalue weighted by molar-refractivity contribution is 0.407. The fourth-order valence-electron chi connectivity index (χ4n) is 6.56. The molecule has 1 atom stereocenters. The maximum atomic E-state index is 14.7. The minimum absolute atomic E-state index is 0.0103. The Morgan fingerprint density at radius 2 is 1.59 bits per heavy atom. The Kier molecular flexibility index (Phi) is 11.5. The third-order valence-corrected chi connectivity index (χ3v) is 12.2. The summed E-state index contributed by atoms with van der Waals surface area (Å²) in [5.41, 5.74) is 5.70. The molecular formula is C36H47N3O5S2. The topological polar surface area (TPSA) is 100 Å². The Hall–Kier alpha value is -3.24. The number of hydrogen-bond acceptors (Lipinski definition) is 7. The highest BCUT2D eigenvalue weighted by Gasteiger charge is 2.29. The van der Waals surface area contributed by atoms with Crippen LogP contribution in [0.15, 0.2) is 63.8 Å². The van der Waals surface area contributed by atoms with Crippen LogP contribution in [-0.4, -0.2) is 40.8 Å². The van der Waals surface area contributed by atoms with E-state index in [4.69, 9.17) is 9.47 Å². The molecule has 8 nitrogen and oxygen atoms in total. The Bertz CT molecular complexity index is 1790. The molecule has 0 spiro atoms. The van der Waals surface area contributed by atoms with Gasteiger partial charge in [-0.1, -0.05) is 49.8 Å². The second kappa shape index (κ2) is 15.6. The van der Waals surface area contributed by atoms with Crippen molar-refractivity contribution in [1.82, 2.24) is 13.9 Å². The average molecular weight is 666 g/mol. The van der Waals surface area contributed by atoms with Crippen LogP contribution in [-0.2, 0) is 26.6 Å². The van der Waals surface area contributed by atoms with Crippen LogP contribution in [0.25, 0.3) is 11.0 Å². The van der Waals surface area contributed by atoms with Gasteiger partial charge in [0, 0.05) is 23.4 Å². The molecule has 5 rings (SSSR count). The summed E-state index contributed by atoms with van der Waals surface area (Å²) in [6.07, 6.45) is 21.5. The number of imidazole rings is 1. The first-order chi connectivity index (χ1) is 22.2. The standard InChI is InChI=1S/C36H47N3O5S2/c1-26-24-37-33(27(2)35(26)44-4)25-45(40)36-38-32-23-30(43-3)20-22-34(32)39(36)46(41,42)31-18-12-10-8-6-5-7-9-11-15-28-16-13-14-17-29(28)19-21-31/h18-24H,5-17,25H2,1-4H3/b21-19-,31-18+. The summed E-state index contributed by atoms with van der Waals surface area (Å²) in [6.45, 7) is 3.77. The SMILES string of the molecule is COc1ccc2c(c1)nc(S(=O)Cc1ncc(C)c(OC)c1C)n2S(=O)(=O)C1=C/CCCCCCCCCC2=C(/C=C\1)CCCC2. The number of aromatic nitrogens is 3. The van der Waals surface area contributed by atoms with Crippen LogP contribution in [0.4, 0.5) is 0 Å². The maximum absolute atomic E-state index is 14.7. The van der Waals surface area contributed by atoms with Crippen molar-refractivity contribution < 1.29 is 22.1 Å². The first-order valence-corrected chi connectivity index (χ1v) is 19.3. The lowest BCUT2D eigenvalue weighted by Gasteiger charge is -2.19. The third-order valence-electron chi connectivity index (χ3n) is 9.16. The van der Waals surface area contributed by atoms with E-state index in [2.05, 4.69) is 9.97 Å². The van der Waals surface area contributed by atoms with Gasteiger partial charge in [-0.25, -0.2) is 17.4 Å². The lowest BCUT2D eigenvalue weighted by Crippen LogP contribution is -2.19. The largest absolute Gasteiger partial charge is 0.497 e. The minimum Gasteiger partial charge on any atom is -0.497 e. The molecule has 2 aromatic heterocycles. The van der Waals surface area contributed by atoms with Crippen molar-refractivity contribution in [3.8, 4) is 11.5 Å². The number of ether oxygens (including phenoxy) is 2. The molecule has 2 aliphatic carbocycles. The molecule has 0 bridgehead atoms. The van der Waals surface area contributed by atoms with Gasteiger partial charge in [-0.2, -0.15) is 0 Å².